The van der Waals surface area contributed by atoms with Crippen molar-refractivity contribution >= 4 is 5.78 Å². The molecule has 104 valence electrons. The highest BCUT2D eigenvalue weighted by atomic mass is 16.7. The van der Waals surface area contributed by atoms with Crippen molar-refractivity contribution in [1.29, 1.82) is 0 Å². The molecule has 0 radical (unpaired) electrons. The third kappa shape index (κ3) is 1.99. The first-order valence-electron chi connectivity index (χ1n) is 6.71. The Morgan fingerprint density at radius 2 is 1.95 bits per heavy atom. The van der Waals surface area contributed by atoms with Gasteiger partial charge in [-0.05, 0) is 18.9 Å². The van der Waals surface area contributed by atoms with E-state index >= 15 is 0 Å². The summed E-state index contributed by atoms with van der Waals surface area (Å²) in [7, 11) is 0. The van der Waals surface area contributed by atoms with Crippen LogP contribution in [0.4, 0.5) is 0 Å². The number of aryl methyl sites for hydroxylation is 1. The molecule has 2 atom stereocenters. The third-order valence-corrected chi connectivity index (χ3v) is 3.91. The molecule has 1 aliphatic carbocycles. The maximum absolute atomic E-state index is 12.1. The van der Waals surface area contributed by atoms with Crippen LogP contribution in [0, 0.1) is 17.0 Å². The largest absolute Gasteiger partial charge is 0.433 e. The van der Waals surface area contributed by atoms with Gasteiger partial charge in [0.1, 0.15) is 11.7 Å². The normalized spacial score (nSPS) is 25.4. The van der Waals surface area contributed by atoms with Crippen LogP contribution in [0.25, 0.3) is 0 Å². The maximum atomic E-state index is 12.1. The molecule has 2 aliphatic rings. The maximum Gasteiger partial charge on any atom is 0.364 e. The van der Waals surface area contributed by atoms with Crippen molar-refractivity contribution in [3.63, 3.8) is 0 Å². The summed E-state index contributed by atoms with van der Waals surface area (Å²) in [5.41, 5.74) is 2.37. The lowest BCUT2D eigenvalue weighted by molar-refractivity contribution is -0.570. The Morgan fingerprint density at radius 1 is 1.25 bits per heavy atom. The molecule has 0 N–H and O–H groups in total. The molecule has 1 aromatic rings. The molecule has 0 amide bonds. The Kier molecular flexibility index (Phi) is 3.04. The monoisotopic (exact) mass is 273 g/mol. The molecule has 0 spiro atoms. The summed E-state index contributed by atoms with van der Waals surface area (Å²) < 4.78 is 5.45. The Hall–Kier alpha value is -2.17. The van der Waals surface area contributed by atoms with E-state index in [0.29, 0.717) is 30.6 Å². The van der Waals surface area contributed by atoms with Crippen molar-refractivity contribution in [1.82, 2.24) is 0 Å². The van der Waals surface area contributed by atoms with Gasteiger partial charge in [0.25, 0.3) is 0 Å². The quantitative estimate of drug-likeness (QED) is 0.613. The van der Waals surface area contributed by atoms with Gasteiger partial charge in [-0.1, -0.05) is 29.8 Å². The summed E-state index contributed by atoms with van der Waals surface area (Å²) >= 11 is 0. The molecule has 0 fully saturated rings. The van der Waals surface area contributed by atoms with Gasteiger partial charge in [0, 0.05) is 12.8 Å². The van der Waals surface area contributed by atoms with Crippen molar-refractivity contribution in [2.75, 3.05) is 0 Å². The molecule has 3 rings (SSSR count). The molecule has 1 aliphatic heterocycles. The second kappa shape index (κ2) is 4.74. The minimum atomic E-state index is -1.18. The number of hydrogen-bond acceptors (Lipinski definition) is 4. The average molecular weight is 273 g/mol. The molecule has 20 heavy (non-hydrogen) atoms. The fourth-order valence-corrected chi connectivity index (χ4v) is 2.93. The first-order chi connectivity index (χ1) is 9.58. The van der Waals surface area contributed by atoms with Crippen molar-refractivity contribution in [2.45, 2.75) is 38.3 Å². The van der Waals surface area contributed by atoms with Crippen LogP contribution in [0.15, 0.2) is 35.6 Å². The fraction of sp³-hybridized carbons (Fsp3) is 0.400. The van der Waals surface area contributed by atoms with Crippen molar-refractivity contribution in [3.8, 4) is 0 Å². The smallest absolute Gasteiger partial charge is 0.364 e. The van der Waals surface area contributed by atoms with Gasteiger partial charge in [0.2, 0.25) is 0 Å². The number of ether oxygens (including phenoxy) is 1. The first kappa shape index (κ1) is 12.8. The molecule has 1 heterocycles. The predicted octanol–water partition coefficient (Wildman–Crippen LogP) is 2.72. The van der Waals surface area contributed by atoms with E-state index in [1.807, 2.05) is 31.2 Å². The van der Waals surface area contributed by atoms with Crippen LogP contribution in [-0.4, -0.2) is 16.9 Å². The van der Waals surface area contributed by atoms with Gasteiger partial charge in [-0.3, -0.25) is 14.9 Å². The van der Waals surface area contributed by atoms with Crippen LogP contribution in [-0.2, 0) is 9.53 Å². The van der Waals surface area contributed by atoms with Crippen LogP contribution in [0.2, 0.25) is 0 Å². The number of hydrogen-bond donors (Lipinski definition) is 0. The Balaban J connectivity index is 2.07. The van der Waals surface area contributed by atoms with Crippen molar-refractivity contribution in [3.05, 3.63) is 56.8 Å². The predicted molar refractivity (Wildman–Crippen MR) is 71.7 cm³/mol. The molecule has 5 nitrogen and oxygen atoms in total. The topological polar surface area (TPSA) is 69.4 Å². The van der Waals surface area contributed by atoms with Gasteiger partial charge in [0.05, 0.1) is 10.5 Å². The Morgan fingerprint density at radius 3 is 2.60 bits per heavy atom. The highest BCUT2D eigenvalue weighted by Gasteiger charge is 2.48. The molecular formula is C15H15NO4. The van der Waals surface area contributed by atoms with E-state index in [0.717, 1.165) is 11.1 Å². The van der Waals surface area contributed by atoms with Crippen LogP contribution in [0.3, 0.4) is 0 Å². The lowest BCUT2D eigenvalue weighted by Crippen LogP contribution is -2.27. The van der Waals surface area contributed by atoms with E-state index in [2.05, 4.69) is 0 Å². The van der Waals surface area contributed by atoms with Crippen molar-refractivity contribution < 1.29 is 14.5 Å². The number of rotatable bonds is 2. The second-order valence-corrected chi connectivity index (χ2v) is 5.30. The standard InChI is InChI=1S/C15H15NO4/c1-9-5-7-10(8-6-9)13-14-11(17)3-2-4-12(14)20-15(13)16(18)19/h5-8,13,15H,2-4H2,1H3/t13-,15-/m1/s1. The molecule has 0 saturated carbocycles. The van der Waals surface area contributed by atoms with E-state index < -0.39 is 17.1 Å². The summed E-state index contributed by atoms with van der Waals surface area (Å²) in [5.74, 6) is -0.0666. The van der Waals surface area contributed by atoms with Gasteiger partial charge >= 0.3 is 6.23 Å². The number of nitro groups is 1. The summed E-state index contributed by atoms with van der Waals surface area (Å²) in [6.45, 7) is 1.95. The summed E-state index contributed by atoms with van der Waals surface area (Å²) in [6, 6.07) is 7.49. The summed E-state index contributed by atoms with van der Waals surface area (Å²) in [4.78, 5) is 22.9. The zero-order valence-electron chi connectivity index (χ0n) is 11.2. The third-order valence-electron chi connectivity index (χ3n) is 3.91. The summed E-state index contributed by atoms with van der Waals surface area (Å²) in [5, 5.41) is 11.2. The number of carbonyl (C=O) groups is 1. The van der Waals surface area contributed by atoms with Gasteiger partial charge in [0.15, 0.2) is 5.78 Å². The molecule has 0 bridgehead atoms. The second-order valence-electron chi connectivity index (χ2n) is 5.30. The molecular weight excluding hydrogens is 258 g/mol. The van der Waals surface area contributed by atoms with Crippen molar-refractivity contribution in [2.24, 2.45) is 0 Å². The zero-order valence-corrected chi connectivity index (χ0v) is 11.2. The average Bonchev–Trinajstić information content (AvgIpc) is 2.81. The van der Waals surface area contributed by atoms with Crippen LogP contribution < -0.4 is 0 Å². The van der Waals surface area contributed by atoms with Crippen LogP contribution >= 0.6 is 0 Å². The van der Waals surface area contributed by atoms with Gasteiger partial charge in [-0.2, -0.15) is 0 Å². The Labute approximate surface area is 116 Å². The number of Topliss-reactive ketones (excluding diaryl/α,β-unsaturated/α-hetero) is 1. The van der Waals surface area contributed by atoms with E-state index in [4.69, 9.17) is 4.74 Å². The van der Waals surface area contributed by atoms with E-state index in [-0.39, 0.29) is 5.78 Å². The molecule has 0 unspecified atom stereocenters. The minimum absolute atomic E-state index is 0.0128. The van der Waals surface area contributed by atoms with E-state index in [9.17, 15) is 14.9 Å². The van der Waals surface area contributed by atoms with Crippen LogP contribution in [0.1, 0.15) is 36.3 Å². The van der Waals surface area contributed by atoms with E-state index in [1.54, 1.807) is 0 Å². The molecule has 1 aromatic carbocycles. The SMILES string of the molecule is Cc1ccc([C@@H]2C3=C(CCCC3=O)O[C@H]2[N+](=O)[O-])cc1. The fourth-order valence-electron chi connectivity index (χ4n) is 2.93. The number of allylic oxidation sites excluding steroid dienone is 1. The number of nitrogens with zero attached hydrogens (tertiary/aromatic N) is 1. The zero-order chi connectivity index (χ0) is 14.3. The molecule has 0 aromatic heterocycles. The van der Waals surface area contributed by atoms with E-state index in [1.165, 1.54) is 0 Å². The lowest BCUT2D eigenvalue weighted by Gasteiger charge is -2.16. The van der Waals surface area contributed by atoms with Crippen LogP contribution in [0.5, 0.6) is 0 Å². The minimum Gasteiger partial charge on any atom is -0.433 e. The number of benzene rings is 1. The molecule has 5 heteroatoms. The van der Waals surface area contributed by atoms with Gasteiger partial charge < -0.3 is 4.74 Å². The number of carbonyl (C=O) groups excluding carboxylic acids is 1. The lowest BCUT2D eigenvalue weighted by atomic mass is 9.83. The first-order valence-corrected chi connectivity index (χ1v) is 6.71. The highest BCUT2D eigenvalue weighted by molar-refractivity contribution is 5.98. The molecule has 0 saturated heterocycles. The number of ketones is 1. The Bertz CT molecular complexity index is 603. The van der Waals surface area contributed by atoms with Gasteiger partial charge in [-0.25, -0.2) is 0 Å². The summed E-state index contributed by atoms with van der Waals surface area (Å²) in [6.07, 6.45) is 0.607. The highest BCUT2D eigenvalue weighted by Crippen LogP contribution is 2.44. The van der Waals surface area contributed by atoms with Gasteiger partial charge in [-0.15, -0.1) is 0 Å².